The average Bonchev–Trinajstić information content (AvgIpc) is 2.88. The molecule has 0 spiro atoms. The molecule has 2 fully saturated rings. The first-order valence-corrected chi connectivity index (χ1v) is 7.29. The molecule has 1 aliphatic carbocycles. The molecule has 0 bridgehead atoms. The predicted molar refractivity (Wildman–Crippen MR) is 71.7 cm³/mol. The molecule has 0 aromatic heterocycles. The van der Waals surface area contributed by atoms with E-state index < -0.39 is 11.9 Å². The lowest BCUT2D eigenvalue weighted by molar-refractivity contribution is -0.149. The van der Waals surface area contributed by atoms with Crippen LogP contribution in [0.3, 0.4) is 0 Å². The Kier molecular flexibility index (Phi) is 4.80. The van der Waals surface area contributed by atoms with Crippen molar-refractivity contribution >= 4 is 11.9 Å². The number of nitrogens with one attached hydrogen (secondary N) is 1. The highest BCUT2D eigenvalue weighted by molar-refractivity contribution is 5.85. The molecule has 2 N–H and O–H groups in total. The third-order valence-electron chi connectivity index (χ3n) is 4.47. The van der Waals surface area contributed by atoms with Crippen LogP contribution in [0.5, 0.6) is 0 Å². The zero-order valence-electron chi connectivity index (χ0n) is 11.6. The minimum atomic E-state index is -0.806. The molecule has 0 aromatic rings. The van der Waals surface area contributed by atoms with Gasteiger partial charge in [0.2, 0.25) is 5.91 Å². The summed E-state index contributed by atoms with van der Waals surface area (Å²) in [4.78, 5) is 25.6. The van der Waals surface area contributed by atoms with Crippen LogP contribution in [0.25, 0.3) is 0 Å². The summed E-state index contributed by atoms with van der Waals surface area (Å²) < 4.78 is 0. The second kappa shape index (κ2) is 6.37. The minimum absolute atomic E-state index is 0.0747. The van der Waals surface area contributed by atoms with E-state index in [9.17, 15) is 14.7 Å². The number of hydrogen-bond donors (Lipinski definition) is 2. The molecule has 0 aromatic carbocycles. The molecule has 1 saturated heterocycles. The first kappa shape index (κ1) is 14.3. The fourth-order valence-corrected chi connectivity index (χ4v) is 3.51. The van der Waals surface area contributed by atoms with Crippen LogP contribution in [-0.4, -0.2) is 48.6 Å². The van der Waals surface area contributed by atoms with Gasteiger partial charge in [-0.25, -0.2) is 0 Å². The molecule has 1 amide bonds. The molecule has 2 aliphatic rings. The van der Waals surface area contributed by atoms with E-state index in [2.05, 4.69) is 5.32 Å². The van der Waals surface area contributed by atoms with Crippen molar-refractivity contribution in [2.45, 2.75) is 32.1 Å². The Balaban J connectivity index is 1.96. The number of aliphatic carboxylic acids is 1. The zero-order valence-corrected chi connectivity index (χ0v) is 11.6. The Morgan fingerprint density at radius 2 is 1.95 bits per heavy atom. The van der Waals surface area contributed by atoms with Crippen LogP contribution in [-0.2, 0) is 9.59 Å². The normalized spacial score (nSPS) is 31.4. The number of carbonyl (C=O) groups excluding carboxylic acids is 1. The number of hydrogen-bond acceptors (Lipinski definition) is 3. The molecule has 19 heavy (non-hydrogen) atoms. The smallest absolute Gasteiger partial charge is 0.307 e. The molecular weight excluding hydrogens is 244 g/mol. The van der Waals surface area contributed by atoms with E-state index in [1.807, 2.05) is 11.9 Å². The van der Waals surface area contributed by atoms with Gasteiger partial charge in [-0.1, -0.05) is 6.42 Å². The van der Waals surface area contributed by atoms with Crippen LogP contribution in [0.1, 0.15) is 32.1 Å². The van der Waals surface area contributed by atoms with Crippen LogP contribution in [0.15, 0.2) is 0 Å². The zero-order chi connectivity index (χ0) is 13.8. The molecule has 1 saturated carbocycles. The average molecular weight is 268 g/mol. The summed E-state index contributed by atoms with van der Waals surface area (Å²) >= 11 is 0. The molecular formula is C14H24N2O3. The molecule has 5 nitrogen and oxygen atoms in total. The Hall–Kier alpha value is -1.10. The Morgan fingerprint density at radius 3 is 2.63 bits per heavy atom. The molecule has 0 radical (unpaired) electrons. The first-order valence-electron chi connectivity index (χ1n) is 7.29. The molecule has 2 rings (SSSR count). The SMILES string of the molecule is CNCC1CCCN(C(=O)C2CCCC2C(=O)O)C1. The van der Waals surface area contributed by atoms with Gasteiger partial charge in [0.1, 0.15) is 0 Å². The second-order valence-corrected chi connectivity index (χ2v) is 5.83. The highest BCUT2D eigenvalue weighted by Crippen LogP contribution is 2.34. The fraction of sp³-hybridized carbons (Fsp3) is 0.857. The molecule has 1 heterocycles. The molecule has 3 atom stereocenters. The van der Waals surface area contributed by atoms with Crippen molar-refractivity contribution in [1.29, 1.82) is 0 Å². The summed E-state index contributed by atoms with van der Waals surface area (Å²) in [6, 6.07) is 0. The first-order chi connectivity index (χ1) is 9.13. The maximum atomic E-state index is 12.5. The number of amides is 1. The van der Waals surface area contributed by atoms with Gasteiger partial charge in [0.05, 0.1) is 11.8 Å². The molecule has 5 heteroatoms. The van der Waals surface area contributed by atoms with Gasteiger partial charge in [0.15, 0.2) is 0 Å². The van der Waals surface area contributed by atoms with Crippen molar-refractivity contribution in [1.82, 2.24) is 10.2 Å². The van der Waals surface area contributed by atoms with Crippen LogP contribution in [0.4, 0.5) is 0 Å². The van der Waals surface area contributed by atoms with Crippen LogP contribution in [0, 0.1) is 17.8 Å². The summed E-state index contributed by atoms with van der Waals surface area (Å²) in [6.45, 7) is 2.50. The van der Waals surface area contributed by atoms with Crippen molar-refractivity contribution in [2.24, 2.45) is 17.8 Å². The van der Waals surface area contributed by atoms with Gasteiger partial charge in [0, 0.05) is 13.1 Å². The summed E-state index contributed by atoms with van der Waals surface area (Å²) in [6.07, 6.45) is 4.43. The van der Waals surface area contributed by atoms with E-state index in [4.69, 9.17) is 0 Å². The summed E-state index contributed by atoms with van der Waals surface area (Å²) in [7, 11) is 1.93. The van der Waals surface area contributed by atoms with Gasteiger partial charge >= 0.3 is 5.97 Å². The Bertz CT molecular complexity index is 344. The Morgan fingerprint density at radius 1 is 1.21 bits per heavy atom. The third kappa shape index (κ3) is 3.26. The highest BCUT2D eigenvalue weighted by atomic mass is 16.4. The van der Waals surface area contributed by atoms with Gasteiger partial charge in [-0.05, 0) is 45.2 Å². The van der Waals surface area contributed by atoms with Gasteiger partial charge in [0.25, 0.3) is 0 Å². The van der Waals surface area contributed by atoms with Crippen molar-refractivity contribution in [3.05, 3.63) is 0 Å². The molecule has 3 unspecified atom stereocenters. The number of carbonyl (C=O) groups is 2. The lowest BCUT2D eigenvalue weighted by Gasteiger charge is -2.35. The Labute approximate surface area is 114 Å². The monoisotopic (exact) mass is 268 g/mol. The lowest BCUT2D eigenvalue weighted by atomic mass is 9.92. The number of carboxylic acid groups (broad SMARTS) is 1. The van der Waals surface area contributed by atoms with Crippen LogP contribution < -0.4 is 5.32 Å². The van der Waals surface area contributed by atoms with Crippen molar-refractivity contribution in [2.75, 3.05) is 26.7 Å². The van der Waals surface area contributed by atoms with Crippen LogP contribution >= 0.6 is 0 Å². The summed E-state index contributed by atoms with van der Waals surface area (Å²) in [5, 5.41) is 12.3. The minimum Gasteiger partial charge on any atom is -0.481 e. The molecule has 1 aliphatic heterocycles. The van der Waals surface area contributed by atoms with E-state index in [0.717, 1.165) is 45.3 Å². The van der Waals surface area contributed by atoms with E-state index in [1.54, 1.807) is 0 Å². The van der Waals surface area contributed by atoms with Crippen molar-refractivity contribution in [3.8, 4) is 0 Å². The number of carboxylic acids is 1. The van der Waals surface area contributed by atoms with Gasteiger partial charge in [-0.3, -0.25) is 9.59 Å². The van der Waals surface area contributed by atoms with E-state index in [-0.39, 0.29) is 11.8 Å². The van der Waals surface area contributed by atoms with Crippen molar-refractivity contribution < 1.29 is 14.7 Å². The number of likely N-dealkylation sites (tertiary alicyclic amines) is 1. The maximum Gasteiger partial charge on any atom is 0.307 e. The fourth-order valence-electron chi connectivity index (χ4n) is 3.51. The largest absolute Gasteiger partial charge is 0.481 e. The summed E-state index contributed by atoms with van der Waals surface area (Å²) in [5.41, 5.74) is 0. The quantitative estimate of drug-likeness (QED) is 0.796. The van der Waals surface area contributed by atoms with Crippen molar-refractivity contribution in [3.63, 3.8) is 0 Å². The topological polar surface area (TPSA) is 69.6 Å². The van der Waals surface area contributed by atoms with E-state index in [0.29, 0.717) is 12.3 Å². The van der Waals surface area contributed by atoms with E-state index >= 15 is 0 Å². The predicted octanol–water partition coefficient (Wildman–Crippen LogP) is 0.945. The maximum absolute atomic E-state index is 12.5. The number of nitrogens with zero attached hydrogens (tertiary/aromatic N) is 1. The van der Waals surface area contributed by atoms with E-state index in [1.165, 1.54) is 0 Å². The van der Waals surface area contributed by atoms with Gasteiger partial charge < -0.3 is 15.3 Å². The standard InChI is InChI=1S/C14H24N2O3/c1-15-8-10-4-3-7-16(9-10)13(17)11-5-2-6-12(11)14(18)19/h10-12,15H,2-9H2,1H3,(H,18,19). The number of piperidine rings is 1. The van der Waals surface area contributed by atoms with Crippen LogP contribution in [0.2, 0.25) is 0 Å². The second-order valence-electron chi connectivity index (χ2n) is 5.83. The third-order valence-corrected chi connectivity index (χ3v) is 4.47. The lowest BCUT2D eigenvalue weighted by Crippen LogP contribution is -2.46. The highest BCUT2D eigenvalue weighted by Gasteiger charge is 2.40. The van der Waals surface area contributed by atoms with Gasteiger partial charge in [-0.15, -0.1) is 0 Å². The molecule has 108 valence electrons. The number of rotatable bonds is 4. The van der Waals surface area contributed by atoms with Gasteiger partial charge in [-0.2, -0.15) is 0 Å². The summed E-state index contributed by atoms with van der Waals surface area (Å²) in [5.74, 6) is -0.972.